The molecule has 120 valence electrons. The average molecular weight is 305 g/mol. The van der Waals surface area contributed by atoms with Crippen LogP contribution in [0, 0.1) is 6.92 Å². The van der Waals surface area contributed by atoms with Gasteiger partial charge in [-0.25, -0.2) is 9.78 Å². The first-order chi connectivity index (χ1) is 10.6. The Morgan fingerprint density at radius 2 is 2.14 bits per heavy atom. The highest BCUT2D eigenvalue weighted by molar-refractivity contribution is 5.89. The summed E-state index contributed by atoms with van der Waals surface area (Å²) in [6, 6.07) is 5.18. The predicted octanol–water partition coefficient (Wildman–Crippen LogP) is 2.46. The molecule has 6 nitrogen and oxygen atoms in total. The van der Waals surface area contributed by atoms with Crippen LogP contribution in [0.1, 0.15) is 32.1 Å². The topological polar surface area (TPSA) is 79.4 Å². The number of nitrogens with zero attached hydrogens (tertiary/aromatic N) is 2. The van der Waals surface area contributed by atoms with Crippen molar-refractivity contribution in [2.45, 2.75) is 33.2 Å². The fourth-order valence-electron chi connectivity index (χ4n) is 2.54. The van der Waals surface area contributed by atoms with E-state index in [-0.39, 0.29) is 12.6 Å². The second-order valence-corrected chi connectivity index (χ2v) is 5.03. The molecule has 2 N–H and O–H groups in total. The van der Waals surface area contributed by atoms with Crippen LogP contribution < -0.4 is 5.73 Å². The van der Waals surface area contributed by atoms with E-state index in [0.717, 1.165) is 16.9 Å². The van der Waals surface area contributed by atoms with Gasteiger partial charge in [-0.2, -0.15) is 0 Å². The van der Waals surface area contributed by atoms with Crippen LogP contribution >= 0.6 is 0 Å². The highest BCUT2D eigenvalue weighted by Crippen LogP contribution is 2.27. The summed E-state index contributed by atoms with van der Waals surface area (Å²) in [5.41, 5.74) is 8.15. The van der Waals surface area contributed by atoms with Crippen molar-refractivity contribution in [3.63, 3.8) is 0 Å². The zero-order valence-electron chi connectivity index (χ0n) is 13.3. The summed E-state index contributed by atoms with van der Waals surface area (Å²) in [6.07, 6.45) is 0.620. The molecule has 0 fully saturated rings. The van der Waals surface area contributed by atoms with E-state index in [1.165, 1.54) is 0 Å². The number of imidazole rings is 1. The minimum atomic E-state index is -0.409. The van der Waals surface area contributed by atoms with Crippen molar-refractivity contribution >= 4 is 22.7 Å². The summed E-state index contributed by atoms with van der Waals surface area (Å²) in [4.78, 5) is 16.8. The predicted molar refractivity (Wildman–Crippen MR) is 85.7 cm³/mol. The standard InChI is InChI=1S/C16H23N3O3/c1-4-13(16(20)22-10-9-21-5-2)19-11(3)18-15-12(17)7-6-8-14(15)19/h6-8,13H,4-5,9-10,17H2,1-3H3. The minimum absolute atomic E-state index is 0.261. The number of benzene rings is 1. The third kappa shape index (κ3) is 3.22. The van der Waals surface area contributed by atoms with Gasteiger partial charge in [0.25, 0.3) is 0 Å². The Morgan fingerprint density at radius 1 is 1.36 bits per heavy atom. The molecule has 6 heteroatoms. The van der Waals surface area contributed by atoms with Gasteiger partial charge in [0.1, 0.15) is 24.0 Å². The molecule has 1 unspecified atom stereocenters. The maximum absolute atomic E-state index is 12.4. The Morgan fingerprint density at radius 3 is 2.82 bits per heavy atom. The Hall–Kier alpha value is -2.08. The number of para-hydroxylation sites is 1. The molecule has 1 aromatic heterocycles. The molecular formula is C16H23N3O3. The fraction of sp³-hybridized carbons (Fsp3) is 0.500. The molecule has 0 amide bonds. The van der Waals surface area contributed by atoms with Crippen LogP contribution in [0.3, 0.4) is 0 Å². The van der Waals surface area contributed by atoms with E-state index in [2.05, 4.69) is 4.98 Å². The van der Waals surface area contributed by atoms with Crippen LogP contribution in [-0.2, 0) is 14.3 Å². The van der Waals surface area contributed by atoms with Gasteiger partial charge < -0.3 is 19.8 Å². The highest BCUT2D eigenvalue weighted by Gasteiger charge is 2.24. The monoisotopic (exact) mass is 305 g/mol. The lowest BCUT2D eigenvalue weighted by molar-refractivity contribution is -0.149. The average Bonchev–Trinajstić information content (AvgIpc) is 2.83. The number of aryl methyl sites for hydroxylation is 1. The Bertz CT molecular complexity index is 651. The largest absolute Gasteiger partial charge is 0.462 e. The number of carbonyl (C=O) groups is 1. The van der Waals surface area contributed by atoms with Crippen molar-refractivity contribution < 1.29 is 14.3 Å². The van der Waals surface area contributed by atoms with E-state index < -0.39 is 6.04 Å². The summed E-state index contributed by atoms with van der Waals surface area (Å²) < 4.78 is 12.4. The fourth-order valence-corrected chi connectivity index (χ4v) is 2.54. The lowest BCUT2D eigenvalue weighted by Gasteiger charge is -2.18. The molecule has 0 bridgehead atoms. The van der Waals surface area contributed by atoms with Crippen molar-refractivity contribution in [2.75, 3.05) is 25.6 Å². The molecule has 22 heavy (non-hydrogen) atoms. The van der Waals surface area contributed by atoms with Crippen molar-refractivity contribution in [2.24, 2.45) is 0 Å². The first-order valence-electron chi connectivity index (χ1n) is 7.57. The van der Waals surface area contributed by atoms with E-state index in [9.17, 15) is 4.79 Å². The first-order valence-corrected chi connectivity index (χ1v) is 7.57. The van der Waals surface area contributed by atoms with Gasteiger partial charge in [-0.15, -0.1) is 0 Å². The van der Waals surface area contributed by atoms with Crippen molar-refractivity contribution in [3.8, 4) is 0 Å². The van der Waals surface area contributed by atoms with Gasteiger partial charge in [-0.05, 0) is 32.4 Å². The molecular weight excluding hydrogens is 282 g/mol. The summed E-state index contributed by atoms with van der Waals surface area (Å²) in [5, 5.41) is 0. The van der Waals surface area contributed by atoms with Crippen molar-refractivity contribution in [1.29, 1.82) is 0 Å². The summed E-state index contributed by atoms with van der Waals surface area (Å²) >= 11 is 0. The molecule has 0 spiro atoms. The number of hydrogen-bond acceptors (Lipinski definition) is 5. The number of ether oxygens (including phenoxy) is 2. The van der Waals surface area contributed by atoms with Gasteiger partial charge in [0.2, 0.25) is 0 Å². The number of anilines is 1. The van der Waals surface area contributed by atoms with Crippen LogP contribution in [0.25, 0.3) is 11.0 Å². The SMILES string of the molecule is CCOCCOC(=O)C(CC)n1c(C)nc2c(N)cccc21. The molecule has 0 aliphatic rings. The van der Waals surface area contributed by atoms with Gasteiger partial charge in [-0.1, -0.05) is 13.0 Å². The van der Waals surface area contributed by atoms with Crippen molar-refractivity contribution in [1.82, 2.24) is 9.55 Å². The van der Waals surface area contributed by atoms with E-state index in [0.29, 0.717) is 25.3 Å². The second-order valence-electron chi connectivity index (χ2n) is 5.03. The summed E-state index contributed by atoms with van der Waals surface area (Å²) in [6.45, 7) is 7.01. The van der Waals surface area contributed by atoms with Crippen molar-refractivity contribution in [3.05, 3.63) is 24.0 Å². The number of rotatable bonds is 7. The zero-order valence-corrected chi connectivity index (χ0v) is 13.3. The third-order valence-corrected chi connectivity index (χ3v) is 3.57. The van der Waals surface area contributed by atoms with Crippen LogP contribution in [0.4, 0.5) is 5.69 Å². The lowest BCUT2D eigenvalue weighted by atomic mass is 10.2. The van der Waals surface area contributed by atoms with Gasteiger partial charge in [0.05, 0.1) is 17.8 Å². The van der Waals surface area contributed by atoms with Gasteiger partial charge in [0, 0.05) is 6.61 Å². The molecule has 0 aliphatic heterocycles. The number of carbonyl (C=O) groups excluding carboxylic acids is 1. The van der Waals surface area contributed by atoms with E-state index in [4.69, 9.17) is 15.2 Å². The number of fused-ring (bicyclic) bond motifs is 1. The van der Waals surface area contributed by atoms with E-state index in [1.54, 1.807) is 6.07 Å². The maximum Gasteiger partial charge on any atom is 0.329 e. The van der Waals surface area contributed by atoms with Crippen LogP contribution in [0.5, 0.6) is 0 Å². The molecule has 2 aromatic rings. The molecule has 0 saturated heterocycles. The molecule has 1 atom stereocenters. The number of aromatic nitrogens is 2. The molecule has 1 heterocycles. The zero-order chi connectivity index (χ0) is 16.1. The van der Waals surface area contributed by atoms with E-state index >= 15 is 0 Å². The third-order valence-electron chi connectivity index (χ3n) is 3.57. The second kappa shape index (κ2) is 7.26. The van der Waals surface area contributed by atoms with Gasteiger partial charge >= 0.3 is 5.97 Å². The van der Waals surface area contributed by atoms with E-state index in [1.807, 2.05) is 37.5 Å². The van der Waals surface area contributed by atoms with Gasteiger partial charge in [-0.3, -0.25) is 0 Å². The number of nitrogen functional groups attached to an aromatic ring is 1. The van der Waals surface area contributed by atoms with Gasteiger partial charge in [0.15, 0.2) is 0 Å². The molecule has 0 radical (unpaired) electrons. The number of nitrogens with two attached hydrogens (primary N) is 1. The maximum atomic E-state index is 12.4. The quantitative estimate of drug-likeness (QED) is 0.483. The number of esters is 1. The Kier molecular flexibility index (Phi) is 5.38. The van der Waals surface area contributed by atoms with Crippen LogP contribution in [0.15, 0.2) is 18.2 Å². The lowest BCUT2D eigenvalue weighted by Crippen LogP contribution is -2.23. The Balaban J connectivity index is 2.26. The highest BCUT2D eigenvalue weighted by atomic mass is 16.6. The normalized spacial score (nSPS) is 12.5. The summed E-state index contributed by atoms with van der Waals surface area (Å²) in [5.74, 6) is 0.480. The first kappa shape index (κ1) is 16.3. The smallest absolute Gasteiger partial charge is 0.329 e. The molecule has 1 aromatic carbocycles. The molecule has 0 saturated carbocycles. The summed E-state index contributed by atoms with van der Waals surface area (Å²) in [7, 11) is 0. The Labute approximate surface area is 130 Å². The van der Waals surface area contributed by atoms with Crippen LogP contribution in [0.2, 0.25) is 0 Å². The number of hydrogen-bond donors (Lipinski definition) is 1. The molecule has 0 aliphatic carbocycles. The minimum Gasteiger partial charge on any atom is -0.462 e. The molecule has 2 rings (SSSR count). The van der Waals surface area contributed by atoms with Crippen LogP contribution in [-0.4, -0.2) is 35.3 Å².